The van der Waals surface area contributed by atoms with Crippen LogP contribution in [0.5, 0.6) is 0 Å². The molecule has 8 atom stereocenters. The summed E-state index contributed by atoms with van der Waals surface area (Å²) in [5.41, 5.74) is -0.693. The maximum Gasteiger partial charge on any atom is 0.510 e. The number of rotatable bonds is 6. The fraction of sp³-hybridized carbons (Fsp3) is 0.900. The first-order valence-electron chi connectivity index (χ1n) is 10.8. The van der Waals surface area contributed by atoms with Gasteiger partial charge < -0.3 is 23.1 Å². The molecular formula is C20H30O9S2. The van der Waals surface area contributed by atoms with E-state index in [0.717, 1.165) is 36.8 Å². The van der Waals surface area contributed by atoms with Crippen LogP contribution in [-0.4, -0.2) is 48.5 Å². The van der Waals surface area contributed by atoms with Crippen molar-refractivity contribution in [3.63, 3.8) is 0 Å². The van der Waals surface area contributed by atoms with E-state index in [2.05, 4.69) is 6.92 Å². The third kappa shape index (κ3) is 4.54. The molecule has 11 heteroatoms. The van der Waals surface area contributed by atoms with E-state index < -0.39 is 30.1 Å². The maximum atomic E-state index is 12.2. The lowest BCUT2D eigenvalue weighted by molar-refractivity contribution is -0.576. The lowest BCUT2D eigenvalue weighted by Crippen LogP contribution is -2.70. The van der Waals surface area contributed by atoms with Gasteiger partial charge in [-0.2, -0.15) is 0 Å². The molecule has 4 heterocycles. The highest BCUT2D eigenvalue weighted by Crippen LogP contribution is 2.60. The summed E-state index contributed by atoms with van der Waals surface area (Å²) >= 11 is 0.947. The summed E-state index contributed by atoms with van der Waals surface area (Å²) < 4.78 is 27.8. The van der Waals surface area contributed by atoms with E-state index in [9.17, 15) is 9.59 Å². The van der Waals surface area contributed by atoms with Crippen LogP contribution in [0.2, 0.25) is 0 Å². The van der Waals surface area contributed by atoms with Gasteiger partial charge in [-0.1, -0.05) is 13.8 Å². The molecule has 4 aliphatic heterocycles. The van der Waals surface area contributed by atoms with Crippen LogP contribution >= 0.6 is 21.9 Å². The van der Waals surface area contributed by atoms with Crippen molar-refractivity contribution in [2.24, 2.45) is 23.7 Å². The molecule has 5 fully saturated rings. The summed E-state index contributed by atoms with van der Waals surface area (Å²) in [5.74, 6) is -0.119. The summed E-state index contributed by atoms with van der Waals surface area (Å²) in [6, 6.07) is 0. The molecule has 2 bridgehead atoms. The predicted molar refractivity (Wildman–Crippen MR) is 111 cm³/mol. The third-order valence-corrected chi connectivity index (χ3v) is 8.62. The van der Waals surface area contributed by atoms with E-state index >= 15 is 0 Å². The van der Waals surface area contributed by atoms with Crippen molar-refractivity contribution in [1.29, 1.82) is 0 Å². The molecule has 0 amide bonds. The van der Waals surface area contributed by atoms with Crippen LogP contribution in [0.25, 0.3) is 0 Å². The van der Waals surface area contributed by atoms with Gasteiger partial charge in [0.15, 0.2) is 11.9 Å². The first kappa shape index (κ1) is 23.4. The molecule has 0 N–H and O–H groups in total. The zero-order valence-corrected chi connectivity index (χ0v) is 19.8. The Hall–Kier alpha value is -0.720. The molecule has 0 aromatic rings. The Morgan fingerprint density at radius 3 is 2.71 bits per heavy atom. The Morgan fingerprint density at radius 2 is 1.94 bits per heavy atom. The molecule has 0 aromatic heterocycles. The molecule has 1 unspecified atom stereocenters. The molecule has 5 rings (SSSR count). The van der Waals surface area contributed by atoms with E-state index in [4.69, 9.17) is 32.9 Å². The van der Waals surface area contributed by atoms with Gasteiger partial charge >= 0.3 is 12.1 Å². The summed E-state index contributed by atoms with van der Waals surface area (Å²) in [7, 11) is 1.27. The Bertz CT molecular complexity index is 694. The number of carbonyl (C=O) groups excluding carboxylic acids is 2. The average molecular weight is 479 g/mol. The number of ether oxygens (including phenoxy) is 4. The minimum absolute atomic E-state index is 0.0728. The standard InChI is InChI=1S/C20H30O9S2/c1-11-5-6-15-12(2)16(25-18(22)23-9-10-30-31-27-13(3)21)24-17-20(15)14(11)7-8-19(4,26-17)28-29-20/h11-12,14-17H,5-10H2,1-4H3/t11-,12-,14+,15+,16?,17-,19+,20-/m1/s1. The summed E-state index contributed by atoms with van der Waals surface area (Å²) in [6.45, 7) is 7.57. The SMILES string of the molecule is CC(=O)OSSCCOC(=O)OC1O[C@@H]2O[C@]3(C)CC[C@H]4[C@H](C)CC[C@@H]([C@H]1C)[C@@]24OO3. The lowest BCUT2D eigenvalue weighted by atomic mass is 9.58. The maximum absolute atomic E-state index is 12.2. The molecule has 1 spiro atoms. The number of hydrogen-bond acceptors (Lipinski definition) is 11. The van der Waals surface area contributed by atoms with Gasteiger partial charge in [0.1, 0.15) is 17.7 Å². The molecule has 0 aromatic carbocycles. The molecule has 5 aliphatic rings. The van der Waals surface area contributed by atoms with E-state index in [1.807, 2.05) is 13.8 Å². The summed E-state index contributed by atoms with van der Waals surface area (Å²) in [6.07, 6.45) is 1.39. The van der Waals surface area contributed by atoms with Gasteiger partial charge in [0, 0.05) is 30.9 Å². The molecule has 1 saturated carbocycles. The molecule has 9 nitrogen and oxygen atoms in total. The monoisotopic (exact) mass is 478 g/mol. The van der Waals surface area contributed by atoms with Gasteiger partial charge in [-0.25, -0.2) is 14.6 Å². The lowest BCUT2D eigenvalue weighted by Gasteiger charge is -2.59. The second-order valence-electron chi connectivity index (χ2n) is 8.95. The van der Waals surface area contributed by atoms with Crippen LogP contribution in [0.1, 0.15) is 53.4 Å². The number of hydrogen-bond donors (Lipinski definition) is 0. The minimum atomic E-state index is -0.875. The number of fused-ring (bicyclic) bond motifs is 2. The Kier molecular flexibility index (Phi) is 7.00. The zero-order chi connectivity index (χ0) is 22.2. The van der Waals surface area contributed by atoms with E-state index in [-0.39, 0.29) is 30.3 Å². The summed E-state index contributed by atoms with van der Waals surface area (Å²) in [5, 5.41) is 0. The predicted octanol–water partition coefficient (Wildman–Crippen LogP) is 4.21. The van der Waals surface area contributed by atoms with Crippen LogP contribution < -0.4 is 0 Å². The minimum Gasteiger partial charge on any atom is -0.433 e. The quantitative estimate of drug-likeness (QED) is 0.180. The van der Waals surface area contributed by atoms with Crippen molar-refractivity contribution < 1.29 is 42.5 Å². The van der Waals surface area contributed by atoms with Crippen molar-refractivity contribution in [2.45, 2.75) is 77.3 Å². The molecule has 0 radical (unpaired) electrons. The van der Waals surface area contributed by atoms with E-state index in [0.29, 0.717) is 11.7 Å². The van der Waals surface area contributed by atoms with Gasteiger partial charge in [-0.15, -0.1) is 0 Å². The van der Waals surface area contributed by atoms with E-state index in [1.165, 1.54) is 17.7 Å². The van der Waals surface area contributed by atoms with Crippen LogP contribution in [0.3, 0.4) is 0 Å². The molecular weight excluding hydrogens is 448 g/mol. The highest BCUT2D eigenvalue weighted by molar-refractivity contribution is 8.75. The highest BCUT2D eigenvalue weighted by Gasteiger charge is 2.69. The Morgan fingerprint density at radius 1 is 1.13 bits per heavy atom. The molecule has 4 saturated heterocycles. The largest absolute Gasteiger partial charge is 0.510 e. The van der Waals surface area contributed by atoms with Crippen molar-refractivity contribution in [1.82, 2.24) is 0 Å². The van der Waals surface area contributed by atoms with Gasteiger partial charge in [-0.05, 0) is 48.8 Å². The normalized spacial score (nSPS) is 43.5. The Labute approximate surface area is 190 Å². The zero-order valence-electron chi connectivity index (χ0n) is 18.2. The van der Waals surface area contributed by atoms with Crippen LogP contribution in [-0.2, 0) is 37.7 Å². The topological polar surface area (TPSA) is 98.8 Å². The second kappa shape index (κ2) is 9.26. The third-order valence-electron chi connectivity index (χ3n) is 6.90. The molecule has 31 heavy (non-hydrogen) atoms. The Balaban J connectivity index is 1.38. The van der Waals surface area contributed by atoms with Gasteiger partial charge in [0.2, 0.25) is 12.1 Å². The van der Waals surface area contributed by atoms with Crippen LogP contribution in [0, 0.1) is 23.7 Å². The van der Waals surface area contributed by atoms with Crippen LogP contribution in [0.4, 0.5) is 4.79 Å². The molecule has 1 aliphatic carbocycles. The van der Waals surface area contributed by atoms with Gasteiger partial charge in [0.05, 0.1) is 0 Å². The second-order valence-corrected chi connectivity index (χ2v) is 11.0. The van der Waals surface area contributed by atoms with E-state index in [1.54, 1.807) is 0 Å². The van der Waals surface area contributed by atoms with Gasteiger partial charge in [0.25, 0.3) is 0 Å². The number of carbonyl (C=O) groups is 2. The summed E-state index contributed by atoms with van der Waals surface area (Å²) in [4.78, 5) is 34.8. The average Bonchev–Trinajstić information content (AvgIpc) is 2.94. The van der Waals surface area contributed by atoms with Crippen molar-refractivity contribution in [3.05, 3.63) is 0 Å². The van der Waals surface area contributed by atoms with Crippen molar-refractivity contribution in [2.75, 3.05) is 12.4 Å². The molecule has 176 valence electrons. The first-order chi connectivity index (χ1) is 14.7. The highest BCUT2D eigenvalue weighted by atomic mass is 33.1. The fourth-order valence-electron chi connectivity index (χ4n) is 5.40. The van der Waals surface area contributed by atoms with Crippen molar-refractivity contribution >= 4 is 34.0 Å². The fourth-order valence-corrected chi connectivity index (χ4v) is 6.60. The van der Waals surface area contributed by atoms with Crippen LogP contribution in [0.15, 0.2) is 0 Å². The smallest absolute Gasteiger partial charge is 0.433 e. The first-order valence-corrected chi connectivity index (χ1v) is 13.0. The van der Waals surface area contributed by atoms with Gasteiger partial charge in [-0.3, -0.25) is 4.79 Å². The van der Waals surface area contributed by atoms with Crippen molar-refractivity contribution in [3.8, 4) is 0 Å².